The molecule has 0 radical (unpaired) electrons. The molecule has 0 fully saturated rings. The number of thiophene rings is 1. The molecule has 212 valence electrons. The van der Waals surface area contributed by atoms with Crippen LogP contribution in [0.15, 0.2) is 140 Å². The molecule has 4 nitrogen and oxygen atoms in total. The van der Waals surface area contributed by atoms with Gasteiger partial charge >= 0.3 is 0 Å². The summed E-state index contributed by atoms with van der Waals surface area (Å²) in [5.41, 5.74) is 7.74. The molecule has 0 amide bonds. The van der Waals surface area contributed by atoms with Gasteiger partial charge in [0.1, 0.15) is 0 Å². The van der Waals surface area contributed by atoms with Crippen LogP contribution in [-0.2, 0) is 0 Å². The molecular formula is C40H26N4S. The molecule has 0 N–H and O–H groups in total. The summed E-state index contributed by atoms with van der Waals surface area (Å²) < 4.78 is 4.82. The Morgan fingerprint density at radius 2 is 1.16 bits per heavy atom. The fourth-order valence-corrected chi connectivity index (χ4v) is 7.62. The molecule has 0 unspecified atom stereocenters. The van der Waals surface area contributed by atoms with Crippen molar-refractivity contribution < 1.29 is 0 Å². The largest absolute Gasteiger partial charge is 0.277 e. The van der Waals surface area contributed by atoms with Gasteiger partial charge in [-0.1, -0.05) is 121 Å². The van der Waals surface area contributed by atoms with E-state index in [2.05, 4.69) is 115 Å². The Kier molecular flexibility index (Phi) is 5.86. The zero-order valence-electron chi connectivity index (χ0n) is 24.5. The predicted octanol–water partition coefficient (Wildman–Crippen LogP) is 10.6. The fourth-order valence-electron chi connectivity index (χ4n) is 6.44. The number of rotatable bonds is 4. The smallest absolute Gasteiger partial charge is 0.238 e. The van der Waals surface area contributed by atoms with Crippen molar-refractivity contribution in [1.29, 1.82) is 0 Å². The molecule has 0 saturated carbocycles. The lowest BCUT2D eigenvalue weighted by Crippen LogP contribution is -2.06. The number of aromatic nitrogens is 4. The van der Waals surface area contributed by atoms with Crippen LogP contribution in [0.5, 0.6) is 0 Å². The Morgan fingerprint density at radius 3 is 1.82 bits per heavy atom. The van der Waals surface area contributed by atoms with Crippen molar-refractivity contribution in [2.75, 3.05) is 0 Å². The summed E-state index contributed by atoms with van der Waals surface area (Å²) >= 11 is 1.85. The van der Waals surface area contributed by atoms with E-state index in [0.717, 1.165) is 22.2 Å². The monoisotopic (exact) mass is 594 g/mol. The minimum atomic E-state index is 0.606. The van der Waals surface area contributed by atoms with Crippen LogP contribution >= 0.6 is 11.3 Å². The van der Waals surface area contributed by atoms with Gasteiger partial charge in [0.05, 0.1) is 11.0 Å². The van der Waals surface area contributed by atoms with Crippen molar-refractivity contribution in [3.63, 3.8) is 0 Å². The predicted molar refractivity (Wildman–Crippen MR) is 188 cm³/mol. The van der Waals surface area contributed by atoms with E-state index in [0.29, 0.717) is 17.6 Å². The van der Waals surface area contributed by atoms with Gasteiger partial charge < -0.3 is 0 Å². The van der Waals surface area contributed by atoms with Gasteiger partial charge in [-0.15, -0.1) is 11.3 Å². The molecule has 3 aromatic heterocycles. The zero-order chi connectivity index (χ0) is 29.9. The minimum absolute atomic E-state index is 0.606. The van der Waals surface area contributed by atoms with Crippen LogP contribution < -0.4 is 0 Å². The second kappa shape index (κ2) is 10.2. The van der Waals surface area contributed by atoms with Crippen LogP contribution in [0.25, 0.3) is 81.8 Å². The Morgan fingerprint density at radius 1 is 0.511 bits per heavy atom. The maximum Gasteiger partial charge on any atom is 0.238 e. The Hall–Kier alpha value is -5.65. The van der Waals surface area contributed by atoms with Crippen LogP contribution in [0.2, 0.25) is 0 Å². The lowest BCUT2D eigenvalue weighted by molar-refractivity contribution is 0.955. The summed E-state index contributed by atoms with van der Waals surface area (Å²) in [5, 5.41) is 4.84. The van der Waals surface area contributed by atoms with E-state index in [9.17, 15) is 0 Å². The first-order valence-electron chi connectivity index (χ1n) is 15.0. The molecule has 5 heteroatoms. The van der Waals surface area contributed by atoms with E-state index >= 15 is 0 Å². The van der Waals surface area contributed by atoms with Crippen LogP contribution in [0.4, 0.5) is 0 Å². The maximum atomic E-state index is 5.19. The highest BCUT2D eigenvalue weighted by Gasteiger charge is 2.22. The van der Waals surface area contributed by atoms with E-state index in [-0.39, 0.29) is 0 Å². The Bertz CT molecular complexity index is 2470. The first kappa shape index (κ1) is 25.8. The van der Waals surface area contributed by atoms with Crippen molar-refractivity contribution in [3.8, 4) is 39.9 Å². The molecular weight excluding hydrogens is 569 g/mol. The Balaban J connectivity index is 1.44. The molecule has 0 saturated heterocycles. The average Bonchev–Trinajstić information content (AvgIpc) is 3.65. The van der Waals surface area contributed by atoms with Crippen LogP contribution in [0.1, 0.15) is 5.56 Å². The quantitative estimate of drug-likeness (QED) is 0.204. The molecule has 0 aliphatic heterocycles. The highest BCUT2D eigenvalue weighted by Crippen LogP contribution is 2.44. The standard InChI is InChI=1S/C40H26N4S/c1-25-12-11-19-31-35-34(45-37(25)31)23-21-30-32-24-29(26-13-5-2-6-14-26)20-22-33(32)44(36(30)35)40-42-38(27-15-7-3-8-16-27)41-39(43-40)28-17-9-4-10-18-28/h2-24H,1H3. The molecule has 0 aliphatic carbocycles. The molecule has 3 heterocycles. The van der Waals surface area contributed by atoms with Gasteiger partial charge in [-0.05, 0) is 41.8 Å². The topological polar surface area (TPSA) is 43.6 Å². The normalized spacial score (nSPS) is 11.7. The molecule has 45 heavy (non-hydrogen) atoms. The fraction of sp³-hybridized carbons (Fsp3) is 0.0250. The first-order chi connectivity index (χ1) is 22.2. The van der Waals surface area contributed by atoms with Gasteiger partial charge in [0.25, 0.3) is 0 Å². The lowest BCUT2D eigenvalue weighted by atomic mass is 10.0. The molecule has 9 aromatic rings. The minimum Gasteiger partial charge on any atom is -0.277 e. The van der Waals surface area contributed by atoms with E-state index in [1.165, 1.54) is 47.6 Å². The lowest BCUT2D eigenvalue weighted by Gasteiger charge is -2.11. The number of benzene rings is 6. The van der Waals surface area contributed by atoms with Crippen molar-refractivity contribution in [1.82, 2.24) is 19.5 Å². The van der Waals surface area contributed by atoms with Gasteiger partial charge in [0.15, 0.2) is 11.6 Å². The van der Waals surface area contributed by atoms with Gasteiger partial charge in [0, 0.05) is 42.1 Å². The third-order valence-corrected chi connectivity index (χ3v) is 9.89. The van der Waals surface area contributed by atoms with Gasteiger partial charge in [-0.3, -0.25) is 4.57 Å². The van der Waals surface area contributed by atoms with Crippen molar-refractivity contribution >= 4 is 53.3 Å². The van der Waals surface area contributed by atoms with E-state index < -0.39 is 0 Å². The third-order valence-electron chi connectivity index (χ3n) is 8.58. The Labute approximate surface area is 263 Å². The summed E-state index contributed by atoms with van der Waals surface area (Å²) in [6, 6.07) is 48.8. The highest BCUT2D eigenvalue weighted by atomic mass is 32.1. The number of fused-ring (bicyclic) bond motifs is 7. The van der Waals surface area contributed by atoms with Gasteiger partial charge in [-0.2, -0.15) is 9.97 Å². The molecule has 0 bridgehead atoms. The maximum absolute atomic E-state index is 5.19. The van der Waals surface area contributed by atoms with Crippen LogP contribution in [0, 0.1) is 6.92 Å². The second-order valence-corrected chi connectivity index (χ2v) is 12.4. The highest BCUT2D eigenvalue weighted by molar-refractivity contribution is 7.26. The summed E-state index contributed by atoms with van der Waals surface area (Å²) in [5.74, 6) is 1.90. The second-order valence-electron chi connectivity index (χ2n) is 11.3. The summed E-state index contributed by atoms with van der Waals surface area (Å²) in [6.45, 7) is 2.20. The number of nitrogens with zero attached hydrogens (tertiary/aromatic N) is 4. The van der Waals surface area contributed by atoms with Crippen molar-refractivity contribution in [2.24, 2.45) is 0 Å². The van der Waals surface area contributed by atoms with Gasteiger partial charge in [-0.25, -0.2) is 4.98 Å². The summed E-state index contributed by atoms with van der Waals surface area (Å²) in [6.07, 6.45) is 0. The van der Waals surface area contributed by atoms with E-state index in [1.807, 2.05) is 47.7 Å². The number of hydrogen-bond acceptors (Lipinski definition) is 4. The molecule has 0 atom stereocenters. The average molecular weight is 595 g/mol. The number of aryl methyl sites for hydroxylation is 1. The van der Waals surface area contributed by atoms with E-state index in [1.54, 1.807) is 0 Å². The SMILES string of the molecule is Cc1cccc2c1sc1ccc3c4cc(-c5ccccc5)ccc4n(-c4nc(-c5ccccc5)nc(-c5ccccc5)n4)c3c12. The van der Waals surface area contributed by atoms with Crippen LogP contribution in [-0.4, -0.2) is 19.5 Å². The van der Waals surface area contributed by atoms with Gasteiger partial charge in [0.2, 0.25) is 5.95 Å². The first-order valence-corrected chi connectivity index (χ1v) is 15.9. The molecule has 0 aliphatic rings. The number of hydrogen-bond donors (Lipinski definition) is 0. The molecule has 0 spiro atoms. The zero-order valence-corrected chi connectivity index (χ0v) is 25.3. The van der Waals surface area contributed by atoms with Crippen molar-refractivity contribution in [3.05, 3.63) is 145 Å². The molecule has 9 rings (SSSR count). The van der Waals surface area contributed by atoms with Crippen molar-refractivity contribution in [2.45, 2.75) is 6.92 Å². The summed E-state index contributed by atoms with van der Waals surface area (Å²) in [4.78, 5) is 15.3. The van der Waals surface area contributed by atoms with E-state index in [4.69, 9.17) is 15.0 Å². The molecule has 6 aromatic carbocycles. The summed E-state index contributed by atoms with van der Waals surface area (Å²) in [7, 11) is 0. The van der Waals surface area contributed by atoms with Crippen LogP contribution in [0.3, 0.4) is 0 Å². The third kappa shape index (κ3) is 4.16.